The van der Waals surface area contributed by atoms with Gasteiger partial charge in [-0.1, -0.05) is 11.6 Å². The fourth-order valence-corrected chi connectivity index (χ4v) is 3.28. The van der Waals surface area contributed by atoms with Crippen LogP contribution < -0.4 is 10.5 Å². The van der Waals surface area contributed by atoms with E-state index in [2.05, 4.69) is 6.92 Å². The second-order valence-electron chi connectivity index (χ2n) is 5.41. The van der Waals surface area contributed by atoms with Crippen molar-refractivity contribution in [2.45, 2.75) is 43.9 Å². The van der Waals surface area contributed by atoms with Crippen molar-refractivity contribution < 1.29 is 9.47 Å². The first-order valence-corrected chi connectivity index (χ1v) is 6.81. The summed E-state index contributed by atoms with van der Waals surface area (Å²) in [6.07, 6.45) is 2.89. The molecule has 0 aliphatic carbocycles. The highest BCUT2D eigenvalue weighted by Crippen LogP contribution is 2.44. The largest absolute Gasteiger partial charge is 0.487 e. The van der Waals surface area contributed by atoms with Gasteiger partial charge in [-0.05, 0) is 25.1 Å². The third-order valence-electron chi connectivity index (χ3n) is 3.91. The highest BCUT2D eigenvalue weighted by Gasteiger charge is 2.43. The van der Waals surface area contributed by atoms with Crippen molar-refractivity contribution in [2.24, 2.45) is 5.73 Å². The number of halogens is 1. The van der Waals surface area contributed by atoms with Crippen LogP contribution in [-0.2, 0) is 4.74 Å². The van der Waals surface area contributed by atoms with Crippen LogP contribution in [0.15, 0.2) is 18.2 Å². The molecule has 4 heteroatoms. The van der Waals surface area contributed by atoms with Crippen molar-refractivity contribution in [1.29, 1.82) is 0 Å². The molecule has 1 fully saturated rings. The molecule has 2 N–H and O–H groups in total. The molecule has 1 aromatic rings. The van der Waals surface area contributed by atoms with Crippen molar-refractivity contribution >= 4 is 11.6 Å². The average molecular weight is 268 g/mol. The molecular weight excluding hydrogens is 250 g/mol. The third-order valence-corrected chi connectivity index (χ3v) is 4.14. The molecule has 0 aromatic heterocycles. The fraction of sp³-hybridized carbons (Fsp3) is 0.571. The summed E-state index contributed by atoms with van der Waals surface area (Å²) in [5.74, 6) is 0.882. The van der Waals surface area contributed by atoms with E-state index in [1.165, 1.54) is 0 Å². The third kappa shape index (κ3) is 2.11. The Morgan fingerprint density at radius 3 is 3.00 bits per heavy atom. The summed E-state index contributed by atoms with van der Waals surface area (Å²) >= 11 is 6.01. The number of ether oxygens (including phenoxy) is 2. The van der Waals surface area contributed by atoms with Gasteiger partial charge in [0.05, 0.1) is 12.7 Å². The minimum absolute atomic E-state index is 0.00208. The second kappa shape index (κ2) is 4.41. The number of hydrogen-bond donors (Lipinski definition) is 1. The van der Waals surface area contributed by atoms with Crippen LogP contribution in [0.25, 0.3) is 0 Å². The summed E-state index contributed by atoms with van der Waals surface area (Å²) in [6, 6.07) is 5.70. The molecule has 3 atom stereocenters. The monoisotopic (exact) mass is 267 g/mol. The maximum absolute atomic E-state index is 6.29. The van der Waals surface area contributed by atoms with Crippen LogP contribution in [0, 0.1) is 0 Å². The smallest absolute Gasteiger partial charge is 0.125 e. The molecule has 98 valence electrons. The van der Waals surface area contributed by atoms with E-state index in [4.69, 9.17) is 26.8 Å². The molecule has 2 aliphatic rings. The molecule has 0 bridgehead atoms. The summed E-state index contributed by atoms with van der Waals surface area (Å²) in [5.41, 5.74) is 7.15. The number of fused-ring (bicyclic) bond motifs is 1. The molecule has 3 rings (SSSR count). The van der Waals surface area contributed by atoms with Crippen molar-refractivity contribution in [1.82, 2.24) is 0 Å². The highest BCUT2D eigenvalue weighted by atomic mass is 35.5. The minimum Gasteiger partial charge on any atom is -0.487 e. The van der Waals surface area contributed by atoms with E-state index in [9.17, 15) is 0 Å². The zero-order valence-electron chi connectivity index (χ0n) is 10.5. The Bertz CT molecular complexity index is 465. The van der Waals surface area contributed by atoms with Crippen LogP contribution in [0.2, 0.25) is 5.02 Å². The lowest BCUT2D eigenvalue weighted by atomic mass is 9.80. The molecule has 1 saturated heterocycles. The van der Waals surface area contributed by atoms with E-state index in [-0.39, 0.29) is 17.7 Å². The van der Waals surface area contributed by atoms with Crippen molar-refractivity contribution in [3.8, 4) is 5.75 Å². The Labute approximate surface area is 112 Å². The molecule has 2 heterocycles. The SMILES string of the molecule is CC1CC2(CCO1)C[C@H](N)c1cc(Cl)ccc1O2. The fourth-order valence-electron chi connectivity index (χ4n) is 3.10. The Morgan fingerprint density at radius 2 is 2.22 bits per heavy atom. The van der Waals surface area contributed by atoms with Gasteiger partial charge in [0.25, 0.3) is 0 Å². The zero-order chi connectivity index (χ0) is 12.8. The summed E-state index contributed by atoms with van der Waals surface area (Å²) in [4.78, 5) is 0. The average Bonchev–Trinajstić information content (AvgIpc) is 2.30. The minimum atomic E-state index is -0.155. The lowest BCUT2D eigenvalue weighted by Crippen LogP contribution is -2.49. The standard InChI is InChI=1S/C14H18ClNO2/c1-9-7-14(4-5-17-9)8-12(16)11-6-10(15)2-3-13(11)18-14/h2-3,6,9,12H,4-5,7-8,16H2,1H3/t9?,12-,14?/m0/s1. The normalized spacial score (nSPS) is 35.1. The molecule has 2 unspecified atom stereocenters. The Balaban J connectivity index is 1.93. The Hall–Kier alpha value is -0.770. The molecule has 1 aromatic carbocycles. The molecule has 2 aliphatic heterocycles. The van der Waals surface area contributed by atoms with E-state index < -0.39 is 0 Å². The quantitative estimate of drug-likeness (QED) is 0.786. The van der Waals surface area contributed by atoms with Crippen LogP contribution in [-0.4, -0.2) is 18.3 Å². The lowest BCUT2D eigenvalue weighted by Gasteiger charge is -2.45. The first-order valence-electron chi connectivity index (χ1n) is 6.44. The highest BCUT2D eigenvalue weighted by molar-refractivity contribution is 6.30. The molecule has 3 nitrogen and oxygen atoms in total. The van der Waals surface area contributed by atoms with Crippen LogP contribution in [0.3, 0.4) is 0 Å². The second-order valence-corrected chi connectivity index (χ2v) is 5.85. The first kappa shape index (κ1) is 12.3. The van der Waals surface area contributed by atoms with Gasteiger partial charge in [-0.3, -0.25) is 0 Å². The molecule has 0 saturated carbocycles. The van der Waals surface area contributed by atoms with Gasteiger partial charge in [-0.25, -0.2) is 0 Å². The van der Waals surface area contributed by atoms with Gasteiger partial charge in [0.2, 0.25) is 0 Å². The van der Waals surface area contributed by atoms with Crippen molar-refractivity contribution in [3.63, 3.8) is 0 Å². The van der Waals surface area contributed by atoms with E-state index in [1.807, 2.05) is 18.2 Å². The van der Waals surface area contributed by atoms with Crippen molar-refractivity contribution in [3.05, 3.63) is 28.8 Å². The van der Waals surface area contributed by atoms with Crippen LogP contribution in [0.5, 0.6) is 5.75 Å². The summed E-state index contributed by atoms with van der Waals surface area (Å²) in [7, 11) is 0. The van der Waals surface area contributed by atoms with Gasteiger partial charge in [0, 0.05) is 35.9 Å². The molecular formula is C14H18ClNO2. The molecule has 1 spiro atoms. The topological polar surface area (TPSA) is 44.5 Å². The number of benzene rings is 1. The van der Waals surface area contributed by atoms with E-state index in [0.29, 0.717) is 5.02 Å². The maximum atomic E-state index is 6.29. The maximum Gasteiger partial charge on any atom is 0.125 e. The number of nitrogens with two attached hydrogens (primary N) is 1. The lowest BCUT2D eigenvalue weighted by molar-refractivity contribution is -0.0949. The number of hydrogen-bond acceptors (Lipinski definition) is 3. The first-order chi connectivity index (χ1) is 8.58. The van der Waals surface area contributed by atoms with Gasteiger partial charge >= 0.3 is 0 Å². The molecule has 0 radical (unpaired) electrons. The van der Waals surface area contributed by atoms with Gasteiger partial charge in [0.1, 0.15) is 11.4 Å². The van der Waals surface area contributed by atoms with Gasteiger partial charge in [-0.15, -0.1) is 0 Å². The summed E-state index contributed by atoms with van der Waals surface area (Å²) in [5, 5.41) is 0.712. The molecule has 0 amide bonds. The predicted molar refractivity (Wildman–Crippen MR) is 71.0 cm³/mol. The van der Waals surface area contributed by atoms with E-state index >= 15 is 0 Å². The van der Waals surface area contributed by atoms with Crippen LogP contribution >= 0.6 is 11.6 Å². The zero-order valence-corrected chi connectivity index (χ0v) is 11.2. The summed E-state index contributed by atoms with van der Waals surface area (Å²) < 4.78 is 11.8. The Morgan fingerprint density at radius 1 is 1.39 bits per heavy atom. The van der Waals surface area contributed by atoms with Gasteiger partial charge in [-0.2, -0.15) is 0 Å². The Kier molecular flexibility index (Phi) is 3.00. The molecule has 18 heavy (non-hydrogen) atoms. The van der Waals surface area contributed by atoms with E-state index in [1.54, 1.807) is 0 Å². The predicted octanol–water partition coefficient (Wildman–Crippen LogP) is 3.06. The van der Waals surface area contributed by atoms with E-state index in [0.717, 1.165) is 37.2 Å². The van der Waals surface area contributed by atoms with Gasteiger partial charge in [0.15, 0.2) is 0 Å². The van der Waals surface area contributed by atoms with Gasteiger partial charge < -0.3 is 15.2 Å². The van der Waals surface area contributed by atoms with Crippen LogP contribution in [0.4, 0.5) is 0 Å². The summed E-state index contributed by atoms with van der Waals surface area (Å²) in [6.45, 7) is 2.84. The number of rotatable bonds is 0. The van der Waals surface area contributed by atoms with Crippen LogP contribution in [0.1, 0.15) is 37.8 Å². The van der Waals surface area contributed by atoms with Crippen molar-refractivity contribution in [2.75, 3.05) is 6.61 Å².